The third-order valence-electron chi connectivity index (χ3n) is 4.80. The number of H-pyrrole nitrogens is 1. The Morgan fingerprint density at radius 1 is 1.31 bits per heavy atom. The third-order valence-corrected chi connectivity index (χ3v) is 6.58. The van der Waals surface area contributed by atoms with Crippen LogP contribution in [0.1, 0.15) is 16.9 Å². The molecule has 11 heteroatoms. The van der Waals surface area contributed by atoms with Gasteiger partial charge in [0.1, 0.15) is 5.69 Å². The van der Waals surface area contributed by atoms with Crippen molar-refractivity contribution in [3.05, 3.63) is 20.8 Å². The predicted molar refractivity (Wildman–Crippen MR) is 99.6 cm³/mol. The zero-order valence-electron chi connectivity index (χ0n) is 13.3. The number of hydrogen-bond donors (Lipinski definition) is 4. The standard InChI is InChI=1S/C15H14Br2N6O3/c16-5-2-7(20-11(5)17)12(24)19-3-4-1-6-10(22-15(18)21-6)9-8(4)13(25)23-14(9)26/h2,4,8-9,15,20H,1,3,18H2,(H,19,24)(H,23,25,26)/t4?,8-,9-,15?/m1/s1. The summed E-state index contributed by atoms with van der Waals surface area (Å²) in [6.45, 7) is 0.233. The zero-order valence-corrected chi connectivity index (χ0v) is 16.4. The monoisotopic (exact) mass is 484 g/mol. The molecule has 1 aromatic heterocycles. The minimum Gasteiger partial charge on any atom is -0.350 e. The molecule has 26 heavy (non-hydrogen) atoms. The Hall–Kier alpha value is -1.85. The third kappa shape index (κ3) is 2.83. The summed E-state index contributed by atoms with van der Waals surface area (Å²) >= 11 is 6.60. The molecule has 1 aromatic rings. The summed E-state index contributed by atoms with van der Waals surface area (Å²) in [5.74, 6) is -2.55. The highest BCUT2D eigenvalue weighted by molar-refractivity contribution is 9.13. The van der Waals surface area contributed by atoms with Crippen LogP contribution in [0.15, 0.2) is 25.1 Å². The molecule has 0 bridgehead atoms. The first-order valence-corrected chi connectivity index (χ1v) is 9.51. The summed E-state index contributed by atoms with van der Waals surface area (Å²) in [5.41, 5.74) is 7.27. The second kappa shape index (κ2) is 6.39. The van der Waals surface area contributed by atoms with E-state index in [1.165, 1.54) is 0 Å². The van der Waals surface area contributed by atoms with Crippen molar-refractivity contribution in [2.45, 2.75) is 12.7 Å². The second-order valence-electron chi connectivity index (χ2n) is 6.38. The van der Waals surface area contributed by atoms with E-state index >= 15 is 0 Å². The number of amides is 3. The van der Waals surface area contributed by atoms with Crippen molar-refractivity contribution >= 4 is 61.0 Å². The van der Waals surface area contributed by atoms with Crippen molar-refractivity contribution in [3.63, 3.8) is 0 Å². The molecule has 1 saturated heterocycles. The van der Waals surface area contributed by atoms with E-state index in [9.17, 15) is 14.4 Å². The van der Waals surface area contributed by atoms with Crippen LogP contribution >= 0.6 is 31.9 Å². The van der Waals surface area contributed by atoms with Gasteiger partial charge in [-0.1, -0.05) is 0 Å². The molecule has 0 radical (unpaired) electrons. The number of fused-ring (bicyclic) bond motifs is 3. The summed E-state index contributed by atoms with van der Waals surface area (Å²) in [6, 6.07) is 1.65. The van der Waals surface area contributed by atoms with Crippen LogP contribution in [0.3, 0.4) is 0 Å². The molecule has 0 spiro atoms. The number of carbonyl (C=O) groups is 3. The molecule has 2 aliphatic heterocycles. The smallest absolute Gasteiger partial charge is 0.267 e. The Balaban J connectivity index is 1.53. The Morgan fingerprint density at radius 3 is 2.77 bits per heavy atom. The molecule has 3 amide bonds. The highest BCUT2D eigenvalue weighted by atomic mass is 79.9. The average molecular weight is 486 g/mol. The van der Waals surface area contributed by atoms with E-state index in [1.54, 1.807) is 6.07 Å². The number of aromatic nitrogens is 1. The van der Waals surface area contributed by atoms with Gasteiger partial charge in [0, 0.05) is 6.54 Å². The number of hydrogen-bond acceptors (Lipinski definition) is 6. The van der Waals surface area contributed by atoms with Gasteiger partial charge in [-0.3, -0.25) is 25.4 Å². The fraction of sp³-hybridized carbons (Fsp3) is 0.400. The van der Waals surface area contributed by atoms with Gasteiger partial charge in [-0.15, -0.1) is 0 Å². The van der Waals surface area contributed by atoms with Gasteiger partial charge in [0.25, 0.3) is 5.91 Å². The highest BCUT2D eigenvalue weighted by Gasteiger charge is 2.53. The first kappa shape index (κ1) is 17.6. The fourth-order valence-electron chi connectivity index (χ4n) is 3.69. The van der Waals surface area contributed by atoms with Crippen molar-refractivity contribution in [3.8, 4) is 0 Å². The number of nitrogens with two attached hydrogens (primary N) is 1. The Labute approximate surface area is 164 Å². The van der Waals surface area contributed by atoms with E-state index < -0.39 is 18.1 Å². The van der Waals surface area contributed by atoms with Crippen LogP contribution in [0, 0.1) is 17.8 Å². The van der Waals surface area contributed by atoms with Gasteiger partial charge >= 0.3 is 0 Å². The molecular weight excluding hydrogens is 472 g/mol. The van der Waals surface area contributed by atoms with E-state index in [2.05, 4.69) is 57.5 Å². The lowest BCUT2D eigenvalue weighted by atomic mass is 9.71. The SMILES string of the molecule is NC1N=C2CC(CNC(=O)c3cc(Br)c(Br)[nH]3)[C@H]3C(=O)NC(=O)[C@H]3C2=N1. The number of nitrogens with zero attached hydrogens (tertiary/aromatic N) is 2. The number of imide groups is 1. The van der Waals surface area contributed by atoms with E-state index in [4.69, 9.17) is 5.73 Å². The Bertz CT molecular complexity index is 872. The number of halogens is 2. The molecule has 4 rings (SSSR count). The fourth-order valence-corrected chi connectivity index (χ4v) is 4.34. The topological polar surface area (TPSA) is 142 Å². The van der Waals surface area contributed by atoms with Gasteiger partial charge in [0.2, 0.25) is 11.8 Å². The average Bonchev–Trinajstić information content (AvgIpc) is 3.20. The van der Waals surface area contributed by atoms with Crippen molar-refractivity contribution in [2.24, 2.45) is 33.5 Å². The molecule has 3 aliphatic rings. The number of carbonyl (C=O) groups excluding carboxylic acids is 3. The number of nitrogens with one attached hydrogen (secondary N) is 3. The normalized spacial score (nSPS) is 29.7. The number of aliphatic imine (C=N–C) groups is 2. The quantitative estimate of drug-likeness (QED) is 0.457. The lowest BCUT2D eigenvalue weighted by molar-refractivity contribution is -0.126. The molecule has 4 atom stereocenters. The largest absolute Gasteiger partial charge is 0.350 e. The molecule has 136 valence electrons. The number of aromatic amines is 1. The minimum absolute atomic E-state index is 0.233. The predicted octanol–water partition coefficient (Wildman–Crippen LogP) is 0.316. The highest BCUT2D eigenvalue weighted by Crippen LogP contribution is 2.37. The van der Waals surface area contributed by atoms with E-state index in [1.807, 2.05) is 0 Å². The second-order valence-corrected chi connectivity index (χ2v) is 8.03. The Morgan fingerprint density at radius 2 is 2.08 bits per heavy atom. The molecule has 9 nitrogen and oxygen atoms in total. The molecule has 2 unspecified atom stereocenters. The van der Waals surface area contributed by atoms with E-state index in [-0.39, 0.29) is 30.2 Å². The zero-order chi connectivity index (χ0) is 18.6. The summed E-state index contributed by atoms with van der Waals surface area (Å²) in [4.78, 5) is 48.2. The summed E-state index contributed by atoms with van der Waals surface area (Å²) in [7, 11) is 0. The van der Waals surface area contributed by atoms with Crippen LogP contribution in [0.5, 0.6) is 0 Å². The van der Waals surface area contributed by atoms with Crippen molar-refractivity contribution in [2.75, 3.05) is 6.54 Å². The molecule has 3 heterocycles. The molecule has 1 aliphatic carbocycles. The Kier molecular flexibility index (Phi) is 4.32. The first-order valence-electron chi connectivity index (χ1n) is 7.92. The molecule has 2 fully saturated rings. The van der Waals surface area contributed by atoms with Crippen LogP contribution < -0.4 is 16.4 Å². The number of rotatable bonds is 3. The lowest BCUT2D eigenvalue weighted by Crippen LogP contribution is -2.46. The van der Waals surface area contributed by atoms with Gasteiger partial charge in [-0.25, -0.2) is 9.98 Å². The van der Waals surface area contributed by atoms with Gasteiger partial charge in [0.05, 0.1) is 32.3 Å². The van der Waals surface area contributed by atoms with Crippen LogP contribution in [-0.2, 0) is 9.59 Å². The van der Waals surface area contributed by atoms with E-state index in [0.717, 1.165) is 4.47 Å². The lowest BCUT2D eigenvalue weighted by Gasteiger charge is -2.31. The minimum atomic E-state index is -0.730. The maximum absolute atomic E-state index is 12.3. The maximum atomic E-state index is 12.3. The summed E-state index contributed by atoms with van der Waals surface area (Å²) in [6.07, 6.45) is -0.293. The van der Waals surface area contributed by atoms with Crippen LogP contribution in [-0.4, -0.2) is 47.0 Å². The first-order chi connectivity index (χ1) is 12.3. The van der Waals surface area contributed by atoms with Gasteiger partial charge in [0.15, 0.2) is 6.29 Å². The van der Waals surface area contributed by atoms with E-state index in [0.29, 0.717) is 28.1 Å². The van der Waals surface area contributed by atoms with Gasteiger partial charge < -0.3 is 10.3 Å². The van der Waals surface area contributed by atoms with Crippen LogP contribution in [0.25, 0.3) is 0 Å². The van der Waals surface area contributed by atoms with Crippen molar-refractivity contribution in [1.82, 2.24) is 15.6 Å². The van der Waals surface area contributed by atoms with Crippen molar-refractivity contribution < 1.29 is 14.4 Å². The van der Waals surface area contributed by atoms with Crippen molar-refractivity contribution in [1.29, 1.82) is 0 Å². The molecular formula is C15H14Br2N6O3. The molecule has 0 aromatic carbocycles. The molecule has 5 N–H and O–H groups in total. The van der Waals surface area contributed by atoms with Crippen LogP contribution in [0.4, 0.5) is 0 Å². The summed E-state index contributed by atoms with van der Waals surface area (Å²) in [5, 5.41) is 5.18. The van der Waals surface area contributed by atoms with Crippen LogP contribution in [0.2, 0.25) is 0 Å². The van der Waals surface area contributed by atoms with Gasteiger partial charge in [-0.05, 0) is 50.3 Å². The van der Waals surface area contributed by atoms with Gasteiger partial charge in [-0.2, -0.15) is 0 Å². The summed E-state index contributed by atoms with van der Waals surface area (Å²) < 4.78 is 1.40. The maximum Gasteiger partial charge on any atom is 0.267 e. The molecule has 1 saturated carbocycles.